The summed E-state index contributed by atoms with van der Waals surface area (Å²) in [7, 11) is 0. The summed E-state index contributed by atoms with van der Waals surface area (Å²) >= 11 is 0. The molecule has 0 aliphatic rings. The molecule has 116 valence electrons. The third kappa shape index (κ3) is 2.79. The number of carbonyl (C=O) groups excluding carboxylic acids is 1. The molecule has 23 heavy (non-hydrogen) atoms. The molecule has 3 aromatic rings. The summed E-state index contributed by atoms with van der Waals surface area (Å²) in [4.78, 5) is 24.1. The number of rotatable bonds is 3. The van der Waals surface area contributed by atoms with Crippen molar-refractivity contribution in [2.24, 2.45) is 0 Å². The molecule has 1 amide bonds. The first kappa shape index (κ1) is 14.8. The summed E-state index contributed by atoms with van der Waals surface area (Å²) in [6.45, 7) is 0.410. The van der Waals surface area contributed by atoms with E-state index in [0.717, 1.165) is 5.56 Å². The highest BCUT2D eigenvalue weighted by Gasteiger charge is 2.14. The van der Waals surface area contributed by atoms with Gasteiger partial charge in [0.25, 0.3) is 5.91 Å². The number of hydroxylamine groups is 1. The summed E-state index contributed by atoms with van der Waals surface area (Å²) < 4.78 is 1.76. The summed E-state index contributed by atoms with van der Waals surface area (Å²) in [6, 6.07) is 13.6. The highest BCUT2D eigenvalue weighted by molar-refractivity contribution is 5.96. The summed E-state index contributed by atoms with van der Waals surface area (Å²) in [5.41, 5.74) is 2.51. The highest BCUT2D eigenvalue weighted by atomic mass is 16.5. The van der Waals surface area contributed by atoms with E-state index >= 15 is 0 Å². The molecular weight excluding hydrogens is 296 g/mol. The fourth-order valence-electron chi connectivity index (χ4n) is 2.50. The van der Waals surface area contributed by atoms with Crippen LogP contribution in [-0.2, 0) is 6.54 Å². The topological polar surface area (TPSA) is 91.6 Å². The highest BCUT2D eigenvalue weighted by Crippen LogP contribution is 2.16. The third-order valence-electron chi connectivity index (χ3n) is 3.62. The molecule has 0 atom stereocenters. The second-order valence-corrected chi connectivity index (χ2v) is 5.12. The lowest BCUT2D eigenvalue weighted by molar-refractivity contribution is 0.0704. The number of para-hydroxylation sites is 1. The molecule has 2 aromatic carbocycles. The number of pyridine rings is 1. The van der Waals surface area contributed by atoms with E-state index in [-0.39, 0.29) is 11.3 Å². The van der Waals surface area contributed by atoms with Crippen LogP contribution in [0.2, 0.25) is 0 Å². The van der Waals surface area contributed by atoms with Crippen molar-refractivity contribution < 1.29 is 15.1 Å². The zero-order chi connectivity index (χ0) is 16.4. The summed E-state index contributed by atoms with van der Waals surface area (Å²) in [6.07, 6.45) is 1.42. The molecule has 0 spiro atoms. The van der Waals surface area contributed by atoms with Crippen LogP contribution in [0.15, 0.2) is 59.5 Å². The molecular formula is C17H14N2O4. The van der Waals surface area contributed by atoms with Gasteiger partial charge in [0.2, 0.25) is 5.43 Å². The van der Waals surface area contributed by atoms with Crippen LogP contribution in [0, 0.1) is 0 Å². The van der Waals surface area contributed by atoms with Gasteiger partial charge in [-0.2, -0.15) is 0 Å². The summed E-state index contributed by atoms with van der Waals surface area (Å²) in [5.74, 6) is -0.681. The number of hydrogen-bond acceptors (Lipinski definition) is 4. The van der Waals surface area contributed by atoms with Crippen LogP contribution in [0.25, 0.3) is 10.9 Å². The van der Waals surface area contributed by atoms with Crippen molar-refractivity contribution in [3.63, 3.8) is 0 Å². The third-order valence-corrected chi connectivity index (χ3v) is 3.62. The van der Waals surface area contributed by atoms with E-state index in [1.54, 1.807) is 53.1 Å². The van der Waals surface area contributed by atoms with Gasteiger partial charge in [0, 0.05) is 18.1 Å². The van der Waals surface area contributed by atoms with Crippen molar-refractivity contribution in [3.8, 4) is 5.75 Å². The fourth-order valence-corrected chi connectivity index (χ4v) is 2.50. The molecule has 6 nitrogen and oxygen atoms in total. The maximum absolute atomic E-state index is 12.4. The van der Waals surface area contributed by atoms with Crippen LogP contribution in [-0.4, -0.2) is 20.8 Å². The molecule has 1 aromatic heterocycles. The Kier molecular flexibility index (Phi) is 3.82. The second kappa shape index (κ2) is 5.94. The van der Waals surface area contributed by atoms with Gasteiger partial charge in [0.15, 0.2) is 0 Å². The van der Waals surface area contributed by atoms with Crippen LogP contribution >= 0.6 is 0 Å². The lowest BCUT2D eigenvalue weighted by Gasteiger charge is -2.13. The van der Waals surface area contributed by atoms with E-state index in [1.807, 2.05) is 0 Å². The van der Waals surface area contributed by atoms with E-state index in [9.17, 15) is 14.7 Å². The zero-order valence-electron chi connectivity index (χ0n) is 12.1. The Morgan fingerprint density at radius 3 is 2.48 bits per heavy atom. The van der Waals surface area contributed by atoms with Crippen molar-refractivity contribution >= 4 is 16.8 Å². The Morgan fingerprint density at radius 1 is 1.09 bits per heavy atom. The number of nitrogens with one attached hydrogen (secondary N) is 1. The molecule has 6 heteroatoms. The minimum Gasteiger partial charge on any atom is -0.508 e. The van der Waals surface area contributed by atoms with Crippen molar-refractivity contribution in [1.29, 1.82) is 0 Å². The molecule has 0 fully saturated rings. The number of aromatic hydroxyl groups is 1. The fraction of sp³-hybridized carbons (Fsp3) is 0.0588. The van der Waals surface area contributed by atoms with Crippen molar-refractivity contribution in [2.45, 2.75) is 6.54 Å². The molecule has 0 aliphatic carbocycles. The molecule has 1 heterocycles. The number of fused-ring (bicyclic) bond motifs is 1. The number of benzene rings is 2. The lowest BCUT2D eigenvalue weighted by atomic mass is 10.1. The Bertz CT molecular complexity index is 929. The van der Waals surface area contributed by atoms with Crippen molar-refractivity contribution in [2.75, 3.05) is 0 Å². The number of carbonyl (C=O) groups is 1. The largest absolute Gasteiger partial charge is 0.508 e. The monoisotopic (exact) mass is 310 g/mol. The Hall–Kier alpha value is -3.12. The van der Waals surface area contributed by atoms with E-state index in [4.69, 9.17) is 5.21 Å². The van der Waals surface area contributed by atoms with Crippen LogP contribution in [0.5, 0.6) is 5.75 Å². The van der Waals surface area contributed by atoms with Crippen LogP contribution in [0.3, 0.4) is 0 Å². The number of phenolic OH excluding ortho intramolecular Hbond substituents is 1. The maximum Gasteiger partial charge on any atom is 0.280 e. The van der Waals surface area contributed by atoms with Gasteiger partial charge in [-0.15, -0.1) is 0 Å². The quantitative estimate of drug-likeness (QED) is 0.509. The van der Waals surface area contributed by atoms with Gasteiger partial charge in [-0.05, 0) is 29.8 Å². The van der Waals surface area contributed by atoms with Gasteiger partial charge < -0.3 is 9.67 Å². The predicted molar refractivity (Wildman–Crippen MR) is 84.7 cm³/mol. The second-order valence-electron chi connectivity index (χ2n) is 5.12. The first-order valence-electron chi connectivity index (χ1n) is 6.94. The number of phenols is 1. The normalized spacial score (nSPS) is 10.7. The SMILES string of the molecule is O=C(NO)c1cn(Cc2ccc(O)cc2)c2ccccc2c1=O. The van der Waals surface area contributed by atoms with Gasteiger partial charge in [-0.3, -0.25) is 14.8 Å². The molecule has 0 saturated heterocycles. The minimum absolute atomic E-state index is 0.134. The molecule has 3 rings (SSSR count). The predicted octanol–water partition coefficient (Wildman–Crippen LogP) is 1.87. The number of nitrogens with zero attached hydrogens (tertiary/aromatic N) is 1. The standard InChI is InChI=1S/C17H14N2O4/c20-12-7-5-11(6-8-12)9-19-10-14(17(22)18-23)16(21)13-3-1-2-4-15(13)19/h1-8,10,20,23H,9H2,(H,18,22). The Balaban J connectivity index is 2.18. The lowest BCUT2D eigenvalue weighted by Crippen LogP contribution is -2.27. The molecule has 3 N–H and O–H groups in total. The average molecular weight is 310 g/mol. The van der Waals surface area contributed by atoms with E-state index in [2.05, 4.69) is 0 Å². The van der Waals surface area contributed by atoms with Gasteiger partial charge >= 0.3 is 0 Å². The maximum atomic E-state index is 12.4. The Morgan fingerprint density at radius 2 is 1.78 bits per heavy atom. The van der Waals surface area contributed by atoms with Gasteiger partial charge in [-0.25, -0.2) is 5.48 Å². The molecule has 0 radical (unpaired) electrons. The molecule has 0 unspecified atom stereocenters. The Labute approximate surface area is 131 Å². The van der Waals surface area contributed by atoms with Crippen LogP contribution in [0.4, 0.5) is 0 Å². The average Bonchev–Trinajstić information content (AvgIpc) is 2.58. The zero-order valence-corrected chi connectivity index (χ0v) is 12.1. The number of amides is 1. The molecule has 0 bridgehead atoms. The number of aromatic nitrogens is 1. The smallest absolute Gasteiger partial charge is 0.280 e. The molecule has 0 aliphatic heterocycles. The van der Waals surface area contributed by atoms with Gasteiger partial charge in [0.1, 0.15) is 11.3 Å². The van der Waals surface area contributed by atoms with E-state index in [0.29, 0.717) is 17.4 Å². The van der Waals surface area contributed by atoms with Crippen molar-refractivity contribution in [1.82, 2.24) is 10.0 Å². The number of hydrogen-bond donors (Lipinski definition) is 3. The molecule has 0 saturated carbocycles. The van der Waals surface area contributed by atoms with E-state index in [1.165, 1.54) is 11.7 Å². The summed E-state index contributed by atoms with van der Waals surface area (Å²) in [5, 5.41) is 18.6. The van der Waals surface area contributed by atoms with Gasteiger partial charge in [-0.1, -0.05) is 24.3 Å². The van der Waals surface area contributed by atoms with Crippen molar-refractivity contribution in [3.05, 3.63) is 76.1 Å². The minimum atomic E-state index is -0.847. The van der Waals surface area contributed by atoms with E-state index < -0.39 is 11.3 Å². The van der Waals surface area contributed by atoms with Crippen LogP contribution < -0.4 is 10.9 Å². The van der Waals surface area contributed by atoms with Crippen LogP contribution in [0.1, 0.15) is 15.9 Å². The first-order chi connectivity index (χ1) is 11.1. The first-order valence-corrected chi connectivity index (χ1v) is 6.94. The van der Waals surface area contributed by atoms with Gasteiger partial charge in [0.05, 0.1) is 5.52 Å².